The van der Waals surface area contributed by atoms with Gasteiger partial charge in [-0.05, 0) is 19.1 Å². The molecule has 0 fully saturated rings. The maximum Gasteiger partial charge on any atom is 0.0915 e. The molecule has 0 bridgehead atoms. The molecule has 2 aromatic rings. The first-order valence-corrected chi connectivity index (χ1v) is 4.41. The number of benzene rings is 1. The third-order valence-corrected chi connectivity index (χ3v) is 2.04. The molecule has 2 N–H and O–H groups in total. The fourth-order valence-corrected chi connectivity index (χ4v) is 1.38. The van der Waals surface area contributed by atoms with Crippen LogP contribution in [0.4, 0.5) is 5.69 Å². The molecule has 0 saturated heterocycles. The Kier molecular flexibility index (Phi) is 2.14. The standard InChI is InChI=1S/C11H11N3/c1-8-11(14-6-5-13-8)9-3-2-4-10(12)7-9/h2-7H,12H2,1H3. The maximum absolute atomic E-state index is 5.70. The Morgan fingerprint density at radius 1 is 1.14 bits per heavy atom. The van der Waals surface area contributed by atoms with E-state index in [1.165, 1.54) is 0 Å². The van der Waals surface area contributed by atoms with Gasteiger partial charge in [0, 0.05) is 23.6 Å². The van der Waals surface area contributed by atoms with E-state index in [9.17, 15) is 0 Å². The summed E-state index contributed by atoms with van der Waals surface area (Å²) in [5, 5.41) is 0. The molecule has 2 rings (SSSR count). The van der Waals surface area contributed by atoms with E-state index in [-0.39, 0.29) is 0 Å². The van der Waals surface area contributed by atoms with E-state index < -0.39 is 0 Å². The van der Waals surface area contributed by atoms with Crippen LogP contribution in [-0.4, -0.2) is 9.97 Å². The Balaban J connectivity index is 2.55. The van der Waals surface area contributed by atoms with Crippen LogP contribution in [0.1, 0.15) is 5.69 Å². The second kappa shape index (κ2) is 3.46. The van der Waals surface area contributed by atoms with Crippen molar-refractivity contribution in [1.82, 2.24) is 9.97 Å². The van der Waals surface area contributed by atoms with E-state index in [1.54, 1.807) is 12.4 Å². The summed E-state index contributed by atoms with van der Waals surface area (Å²) >= 11 is 0. The molecule has 1 heterocycles. The highest BCUT2D eigenvalue weighted by Crippen LogP contribution is 2.20. The number of anilines is 1. The summed E-state index contributed by atoms with van der Waals surface area (Å²) in [6.07, 6.45) is 3.37. The molecule has 3 nitrogen and oxygen atoms in total. The summed E-state index contributed by atoms with van der Waals surface area (Å²) in [6, 6.07) is 7.65. The average Bonchev–Trinajstić information content (AvgIpc) is 2.18. The zero-order chi connectivity index (χ0) is 9.97. The number of aromatic nitrogens is 2. The van der Waals surface area contributed by atoms with E-state index in [2.05, 4.69) is 9.97 Å². The van der Waals surface area contributed by atoms with Gasteiger partial charge in [-0.25, -0.2) is 0 Å². The number of aryl methyl sites for hydroxylation is 1. The van der Waals surface area contributed by atoms with Gasteiger partial charge < -0.3 is 5.73 Å². The minimum absolute atomic E-state index is 0.743. The van der Waals surface area contributed by atoms with Gasteiger partial charge in [-0.2, -0.15) is 0 Å². The Morgan fingerprint density at radius 2 is 1.93 bits per heavy atom. The zero-order valence-corrected chi connectivity index (χ0v) is 7.94. The van der Waals surface area contributed by atoms with Crippen molar-refractivity contribution in [2.45, 2.75) is 6.92 Å². The summed E-state index contributed by atoms with van der Waals surface area (Å²) in [7, 11) is 0. The van der Waals surface area contributed by atoms with Crippen LogP contribution in [0.5, 0.6) is 0 Å². The molecule has 1 aromatic heterocycles. The lowest BCUT2D eigenvalue weighted by Crippen LogP contribution is -1.92. The molecule has 0 aliphatic heterocycles. The summed E-state index contributed by atoms with van der Waals surface area (Å²) in [4.78, 5) is 8.45. The van der Waals surface area contributed by atoms with Crippen LogP contribution in [-0.2, 0) is 0 Å². The summed E-state index contributed by atoms with van der Waals surface area (Å²) < 4.78 is 0. The van der Waals surface area contributed by atoms with E-state index in [0.717, 1.165) is 22.6 Å². The Hall–Kier alpha value is -1.90. The van der Waals surface area contributed by atoms with Gasteiger partial charge >= 0.3 is 0 Å². The number of nitrogen functional groups attached to an aromatic ring is 1. The first-order chi connectivity index (χ1) is 6.77. The minimum Gasteiger partial charge on any atom is -0.399 e. The lowest BCUT2D eigenvalue weighted by molar-refractivity contribution is 1.12. The third-order valence-electron chi connectivity index (χ3n) is 2.04. The highest BCUT2D eigenvalue weighted by Gasteiger charge is 2.02. The molecule has 3 heteroatoms. The lowest BCUT2D eigenvalue weighted by atomic mass is 10.1. The van der Waals surface area contributed by atoms with Gasteiger partial charge in [0.2, 0.25) is 0 Å². The fraction of sp³-hybridized carbons (Fsp3) is 0.0909. The number of rotatable bonds is 1. The van der Waals surface area contributed by atoms with Crippen LogP contribution in [0.15, 0.2) is 36.7 Å². The highest BCUT2D eigenvalue weighted by molar-refractivity contribution is 5.65. The van der Waals surface area contributed by atoms with E-state index >= 15 is 0 Å². The number of nitrogens with two attached hydrogens (primary N) is 1. The van der Waals surface area contributed by atoms with Crippen LogP contribution in [0.25, 0.3) is 11.3 Å². The highest BCUT2D eigenvalue weighted by atomic mass is 14.8. The molecule has 70 valence electrons. The van der Waals surface area contributed by atoms with Crippen molar-refractivity contribution in [3.8, 4) is 11.3 Å². The van der Waals surface area contributed by atoms with Crippen molar-refractivity contribution in [3.63, 3.8) is 0 Å². The van der Waals surface area contributed by atoms with Crippen LogP contribution < -0.4 is 5.73 Å². The normalized spacial score (nSPS) is 10.1. The summed E-state index contributed by atoms with van der Waals surface area (Å²) in [5.74, 6) is 0. The van der Waals surface area contributed by atoms with Gasteiger partial charge in [0.15, 0.2) is 0 Å². The Labute approximate surface area is 82.6 Å². The van der Waals surface area contributed by atoms with Gasteiger partial charge in [0.1, 0.15) is 0 Å². The first kappa shape index (κ1) is 8.69. The number of hydrogen-bond donors (Lipinski definition) is 1. The predicted octanol–water partition coefficient (Wildman–Crippen LogP) is 2.03. The summed E-state index contributed by atoms with van der Waals surface area (Å²) in [5.41, 5.74) is 9.25. The molecule has 0 aliphatic carbocycles. The Morgan fingerprint density at radius 3 is 2.64 bits per heavy atom. The molecule has 0 unspecified atom stereocenters. The molecule has 0 aliphatic rings. The van der Waals surface area contributed by atoms with E-state index in [1.807, 2.05) is 31.2 Å². The van der Waals surface area contributed by atoms with Crippen molar-refractivity contribution in [2.24, 2.45) is 0 Å². The molecule has 0 spiro atoms. The van der Waals surface area contributed by atoms with Crippen molar-refractivity contribution >= 4 is 5.69 Å². The van der Waals surface area contributed by atoms with Crippen molar-refractivity contribution in [1.29, 1.82) is 0 Å². The van der Waals surface area contributed by atoms with E-state index in [4.69, 9.17) is 5.73 Å². The molecule has 0 atom stereocenters. The van der Waals surface area contributed by atoms with Crippen LogP contribution >= 0.6 is 0 Å². The van der Waals surface area contributed by atoms with E-state index in [0.29, 0.717) is 0 Å². The van der Waals surface area contributed by atoms with Crippen LogP contribution in [0, 0.1) is 6.92 Å². The SMILES string of the molecule is Cc1nccnc1-c1cccc(N)c1. The molecule has 14 heavy (non-hydrogen) atoms. The number of nitrogens with zero attached hydrogens (tertiary/aromatic N) is 2. The maximum atomic E-state index is 5.70. The quantitative estimate of drug-likeness (QED) is 0.691. The molecular formula is C11H11N3. The molecule has 0 radical (unpaired) electrons. The molecule has 0 amide bonds. The zero-order valence-electron chi connectivity index (χ0n) is 7.94. The fourth-order valence-electron chi connectivity index (χ4n) is 1.38. The Bertz CT molecular complexity index is 452. The first-order valence-electron chi connectivity index (χ1n) is 4.41. The van der Waals surface area contributed by atoms with Gasteiger partial charge in [0.05, 0.1) is 11.4 Å². The monoisotopic (exact) mass is 185 g/mol. The van der Waals surface area contributed by atoms with Crippen LogP contribution in [0.3, 0.4) is 0 Å². The van der Waals surface area contributed by atoms with Crippen molar-refractivity contribution < 1.29 is 0 Å². The third kappa shape index (κ3) is 1.57. The van der Waals surface area contributed by atoms with Crippen molar-refractivity contribution in [2.75, 3.05) is 5.73 Å². The second-order valence-electron chi connectivity index (χ2n) is 3.12. The minimum atomic E-state index is 0.743. The average molecular weight is 185 g/mol. The second-order valence-corrected chi connectivity index (χ2v) is 3.12. The molecular weight excluding hydrogens is 174 g/mol. The van der Waals surface area contributed by atoms with Crippen LogP contribution in [0.2, 0.25) is 0 Å². The summed E-state index contributed by atoms with van der Waals surface area (Å²) in [6.45, 7) is 1.94. The predicted molar refractivity (Wildman–Crippen MR) is 56.6 cm³/mol. The van der Waals surface area contributed by atoms with Gasteiger partial charge in [-0.3, -0.25) is 9.97 Å². The largest absolute Gasteiger partial charge is 0.399 e. The topological polar surface area (TPSA) is 51.8 Å². The molecule has 1 aromatic carbocycles. The van der Waals surface area contributed by atoms with Crippen molar-refractivity contribution in [3.05, 3.63) is 42.4 Å². The van der Waals surface area contributed by atoms with Gasteiger partial charge in [-0.1, -0.05) is 12.1 Å². The number of hydrogen-bond acceptors (Lipinski definition) is 3. The lowest BCUT2D eigenvalue weighted by Gasteiger charge is -2.03. The van der Waals surface area contributed by atoms with Gasteiger partial charge in [-0.15, -0.1) is 0 Å². The molecule has 0 saturated carbocycles. The van der Waals surface area contributed by atoms with Gasteiger partial charge in [0.25, 0.3) is 0 Å². The smallest absolute Gasteiger partial charge is 0.0915 e.